The van der Waals surface area contributed by atoms with E-state index in [4.69, 9.17) is 0 Å². The van der Waals surface area contributed by atoms with Crippen molar-refractivity contribution in [2.75, 3.05) is 18.4 Å². The number of alkyl halides is 6. The fourth-order valence-corrected chi connectivity index (χ4v) is 5.85. The number of carbonyl (C=O) groups excluding carboxylic acids is 2. The molecule has 2 atom stereocenters. The predicted octanol–water partition coefficient (Wildman–Crippen LogP) is 4.52. The van der Waals surface area contributed by atoms with E-state index in [9.17, 15) is 44.7 Å². The number of benzene rings is 2. The number of amides is 2. The minimum Gasteiger partial charge on any atom is -0.772 e. The molecular formula is C25H24F6N3O4S-. The van der Waals surface area contributed by atoms with E-state index in [1.807, 2.05) is 0 Å². The maximum absolute atomic E-state index is 14.2. The van der Waals surface area contributed by atoms with Gasteiger partial charge in [0.1, 0.15) is 6.04 Å². The van der Waals surface area contributed by atoms with Gasteiger partial charge in [-0.1, -0.05) is 41.4 Å². The summed E-state index contributed by atoms with van der Waals surface area (Å²) in [4.78, 5) is 27.1. The van der Waals surface area contributed by atoms with Gasteiger partial charge in [-0.25, -0.2) is 0 Å². The fourth-order valence-electron chi connectivity index (χ4n) is 5.39. The van der Waals surface area contributed by atoms with Crippen LogP contribution in [0.25, 0.3) is 0 Å². The number of anilines is 1. The van der Waals surface area contributed by atoms with E-state index in [1.165, 1.54) is 24.0 Å². The summed E-state index contributed by atoms with van der Waals surface area (Å²) in [5.41, 5.74) is -3.82. The number of hydrogen-bond donors (Lipinski definition) is 1. The highest BCUT2D eigenvalue weighted by Gasteiger charge is 2.74. The van der Waals surface area contributed by atoms with Crippen molar-refractivity contribution < 1.29 is 44.7 Å². The van der Waals surface area contributed by atoms with E-state index in [2.05, 4.69) is 5.32 Å². The Balaban J connectivity index is 1.64. The van der Waals surface area contributed by atoms with E-state index in [0.29, 0.717) is 33.7 Å². The van der Waals surface area contributed by atoms with Crippen molar-refractivity contribution in [1.82, 2.24) is 9.80 Å². The summed E-state index contributed by atoms with van der Waals surface area (Å²) in [6.45, 7) is 0.523. The predicted molar refractivity (Wildman–Crippen MR) is 128 cm³/mol. The molecule has 2 aliphatic rings. The van der Waals surface area contributed by atoms with Crippen LogP contribution in [0, 0.1) is 0 Å². The van der Waals surface area contributed by atoms with Gasteiger partial charge >= 0.3 is 12.4 Å². The zero-order valence-corrected chi connectivity index (χ0v) is 21.4. The van der Waals surface area contributed by atoms with Gasteiger partial charge in [-0.2, -0.15) is 26.3 Å². The van der Waals surface area contributed by atoms with Crippen LogP contribution in [0.5, 0.6) is 0 Å². The quantitative estimate of drug-likeness (QED) is 0.403. The molecule has 0 spiro atoms. The van der Waals surface area contributed by atoms with Gasteiger partial charge in [-0.3, -0.25) is 18.7 Å². The Morgan fingerprint density at radius 2 is 1.59 bits per heavy atom. The summed E-state index contributed by atoms with van der Waals surface area (Å²) in [5.74, 6) is -1.44. The number of fused-ring (bicyclic) bond motifs is 1. The lowest BCUT2D eigenvalue weighted by Crippen LogP contribution is -2.64. The van der Waals surface area contributed by atoms with Gasteiger partial charge in [0.2, 0.25) is 11.4 Å². The Morgan fingerprint density at radius 3 is 2.10 bits per heavy atom. The van der Waals surface area contributed by atoms with Crippen LogP contribution in [0.1, 0.15) is 48.1 Å². The Labute approximate surface area is 222 Å². The van der Waals surface area contributed by atoms with Crippen molar-refractivity contribution in [3.05, 3.63) is 64.7 Å². The summed E-state index contributed by atoms with van der Waals surface area (Å²) < 4.78 is 107. The van der Waals surface area contributed by atoms with Gasteiger partial charge in [0, 0.05) is 24.9 Å². The topological polar surface area (TPSA) is 92.8 Å². The first-order chi connectivity index (χ1) is 18.2. The molecule has 0 aromatic heterocycles. The Hall–Kier alpha value is -2.97. The highest BCUT2D eigenvalue weighted by molar-refractivity contribution is 7.78. The molecule has 0 saturated carbocycles. The molecular weight excluding hydrogens is 552 g/mol. The van der Waals surface area contributed by atoms with Crippen LogP contribution >= 0.6 is 0 Å². The molecule has 4 rings (SSSR count). The standard InChI is InChI=1S/C25H25F6N3O4S/c1-15(35)34-13-17-12-16(14-39(37)38)4-9-20(17)21(34)22(36)32-19-7-5-18(6-8-19)23(24(26,27)28,25(29,30)31)33-10-2-3-11-33/h4-9,12,21H,2-3,10-11,13-14H2,1H3,(H,32,36)(H,37,38)/p-1. The van der Waals surface area contributed by atoms with Gasteiger partial charge in [0.05, 0.1) is 0 Å². The van der Waals surface area contributed by atoms with Gasteiger partial charge in [-0.05, 0) is 60.3 Å². The molecule has 7 nitrogen and oxygen atoms in total. The highest BCUT2D eigenvalue weighted by atomic mass is 32.2. The second-order valence-corrected chi connectivity index (χ2v) is 10.4. The third kappa shape index (κ3) is 5.29. The molecule has 2 amide bonds. The molecule has 0 aliphatic carbocycles. The number of halogens is 6. The van der Waals surface area contributed by atoms with Crippen LogP contribution in [0.15, 0.2) is 42.5 Å². The molecule has 1 N–H and O–H groups in total. The van der Waals surface area contributed by atoms with E-state index in [0.717, 1.165) is 12.1 Å². The molecule has 0 bridgehead atoms. The second kappa shape index (κ2) is 10.5. The first kappa shape index (κ1) is 29.0. The minimum absolute atomic E-state index is 0.0243. The third-order valence-electron chi connectivity index (χ3n) is 7.06. The second-order valence-electron chi connectivity index (χ2n) is 9.50. The summed E-state index contributed by atoms with van der Waals surface area (Å²) in [6, 6.07) is 6.80. The molecule has 2 aromatic rings. The Bertz CT molecular complexity index is 1260. The lowest BCUT2D eigenvalue weighted by Gasteiger charge is -2.44. The molecule has 14 heteroatoms. The van der Waals surface area contributed by atoms with Crippen molar-refractivity contribution in [3.8, 4) is 0 Å². The van der Waals surface area contributed by atoms with Crippen molar-refractivity contribution >= 4 is 28.6 Å². The first-order valence-corrected chi connectivity index (χ1v) is 13.2. The molecule has 1 fully saturated rings. The molecule has 2 aliphatic heterocycles. The van der Waals surface area contributed by atoms with Crippen LogP contribution < -0.4 is 5.32 Å². The molecule has 212 valence electrons. The normalized spacial score (nSPS) is 19.2. The van der Waals surface area contributed by atoms with Crippen molar-refractivity contribution in [2.45, 2.75) is 56.0 Å². The monoisotopic (exact) mass is 576 g/mol. The molecule has 1 saturated heterocycles. The lowest BCUT2D eigenvalue weighted by atomic mass is 9.86. The van der Waals surface area contributed by atoms with Gasteiger partial charge in [0.15, 0.2) is 0 Å². The Morgan fingerprint density at radius 1 is 1.00 bits per heavy atom. The van der Waals surface area contributed by atoms with Crippen LogP contribution in [0.4, 0.5) is 32.0 Å². The smallest absolute Gasteiger partial charge is 0.419 e. The Kier molecular flexibility index (Phi) is 7.85. The zero-order valence-electron chi connectivity index (χ0n) is 20.6. The highest BCUT2D eigenvalue weighted by Crippen LogP contribution is 2.55. The maximum atomic E-state index is 14.2. The summed E-state index contributed by atoms with van der Waals surface area (Å²) in [6.07, 6.45) is -10.9. The fraction of sp³-hybridized carbons (Fsp3) is 0.440. The van der Waals surface area contributed by atoms with Crippen LogP contribution in [-0.4, -0.2) is 55.8 Å². The first-order valence-electron chi connectivity index (χ1n) is 11.9. The van der Waals surface area contributed by atoms with E-state index in [-0.39, 0.29) is 43.9 Å². The van der Waals surface area contributed by atoms with Gasteiger partial charge < -0.3 is 14.8 Å². The van der Waals surface area contributed by atoms with Crippen LogP contribution in [-0.2, 0) is 38.5 Å². The number of rotatable bonds is 6. The van der Waals surface area contributed by atoms with Crippen molar-refractivity contribution in [1.29, 1.82) is 0 Å². The molecule has 2 unspecified atom stereocenters. The average molecular weight is 577 g/mol. The zero-order chi connectivity index (χ0) is 28.8. The third-order valence-corrected chi connectivity index (χ3v) is 7.63. The lowest BCUT2D eigenvalue weighted by molar-refractivity contribution is -0.346. The minimum atomic E-state index is -5.66. The van der Waals surface area contributed by atoms with Crippen LogP contribution in [0.3, 0.4) is 0 Å². The number of nitrogens with zero attached hydrogens (tertiary/aromatic N) is 2. The number of hydrogen-bond acceptors (Lipinski definition) is 5. The van der Waals surface area contributed by atoms with E-state index in [1.54, 1.807) is 6.07 Å². The van der Waals surface area contributed by atoms with Gasteiger partial charge in [-0.15, -0.1) is 0 Å². The van der Waals surface area contributed by atoms with Crippen molar-refractivity contribution in [2.24, 2.45) is 0 Å². The van der Waals surface area contributed by atoms with E-state index < -0.39 is 52.4 Å². The average Bonchev–Trinajstić information content (AvgIpc) is 3.46. The number of carbonyl (C=O) groups is 2. The summed E-state index contributed by atoms with van der Waals surface area (Å²) in [5, 5.41) is 2.47. The maximum Gasteiger partial charge on any atom is 0.419 e. The molecule has 2 aromatic carbocycles. The number of nitrogens with one attached hydrogen (secondary N) is 1. The summed E-state index contributed by atoms with van der Waals surface area (Å²) in [7, 11) is 0. The largest absolute Gasteiger partial charge is 0.772 e. The molecule has 39 heavy (non-hydrogen) atoms. The number of likely N-dealkylation sites (tertiary alicyclic amines) is 1. The summed E-state index contributed by atoms with van der Waals surface area (Å²) >= 11 is -2.35. The molecule has 0 radical (unpaired) electrons. The SMILES string of the molecule is CC(=O)N1Cc2cc(CS(=O)[O-])ccc2C1C(=O)Nc1ccc(C(N2CCCC2)(C(F)(F)F)C(F)(F)F)cc1. The van der Waals surface area contributed by atoms with Gasteiger partial charge in [0.25, 0.3) is 5.91 Å². The van der Waals surface area contributed by atoms with E-state index >= 15 is 0 Å². The molecule has 2 heterocycles. The van der Waals surface area contributed by atoms with Crippen molar-refractivity contribution in [3.63, 3.8) is 0 Å². The van der Waals surface area contributed by atoms with Crippen LogP contribution in [0.2, 0.25) is 0 Å².